The normalized spacial score (nSPS) is 15.7. The summed E-state index contributed by atoms with van der Waals surface area (Å²) in [4.78, 5) is 89.4. The maximum Gasteiger partial charge on any atom is 0.326 e. The second-order valence-electron chi connectivity index (χ2n) is 12.3. The molecule has 0 fully saturated rings. The SMILES string of the molecule is CC[C@H](C)[C@H](NC(=O)[C@@H](N)CO)C(=O)N[C@@H](CCC(=O)O)C(=O)N[C@H](C(=O)N[C@@H](Cc1ccccc1)C(=O)N[C@@H](CCCCN)C(=O)O)[C@@H](C)O. The first-order valence-electron chi connectivity index (χ1n) is 16.8. The Hall–Kier alpha value is -4.65. The van der Waals surface area contributed by atoms with Gasteiger partial charge in [-0.1, -0.05) is 50.6 Å². The van der Waals surface area contributed by atoms with Gasteiger partial charge in [0.1, 0.15) is 36.3 Å². The van der Waals surface area contributed by atoms with Gasteiger partial charge in [-0.3, -0.25) is 28.8 Å². The van der Waals surface area contributed by atoms with E-state index in [2.05, 4.69) is 26.6 Å². The van der Waals surface area contributed by atoms with Crippen LogP contribution in [0.2, 0.25) is 0 Å². The van der Waals surface area contributed by atoms with E-state index in [9.17, 15) is 54.0 Å². The maximum atomic E-state index is 13.6. The number of carboxylic acid groups (broad SMARTS) is 2. The first-order valence-corrected chi connectivity index (χ1v) is 16.8. The largest absolute Gasteiger partial charge is 0.481 e. The lowest BCUT2D eigenvalue weighted by atomic mass is 9.97. The first kappa shape index (κ1) is 44.4. The summed E-state index contributed by atoms with van der Waals surface area (Å²) in [5.74, 6) is -7.72. The van der Waals surface area contributed by atoms with Crippen molar-refractivity contribution in [3.05, 3.63) is 35.9 Å². The van der Waals surface area contributed by atoms with E-state index in [1.807, 2.05) is 0 Å². The van der Waals surface area contributed by atoms with Crippen LogP contribution in [0.3, 0.4) is 0 Å². The molecule has 0 radical (unpaired) electrons. The maximum absolute atomic E-state index is 13.6. The Kier molecular flexibility index (Phi) is 20.0. The van der Waals surface area contributed by atoms with Gasteiger partial charge in [-0.15, -0.1) is 0 Å². The Labute approximate surface area is 296 Å². The highest BCUT2D eigenvalue weighted by Crippen LogP contribution is 2.11. The molecule has 1 aromatic rings. The van der Waals surface area contributed by atoms with Crippen LogP contribution in [-0.4, -0.2) is 117 Å². The number of carbonyl (C=O) groups excluding carboxylic acids is 5. The molecule has 0 saturated heterocycles. The Morgan fingerprint density at radius 3 is 1.80 bits per heavy atom. The van der Waals surface area contributed by atoms with Crippen molar-refractivity contribution in [1.29, 1.82) is 0 Å². The minimum Gasteiger partial charge on any atom is -0.481 e. The first-order chi connectivity index (χ1) is 24.1. The van der Waals surface area contributed by atoms with E-state index in [1.165, 1.54) is 6.92 Å². The number of rotatable bonds is 24. The molecule has 8 atom stereocenters. The van der Waals surface area contributed by atoms with Gasteiger partial charge in [0, 0.05) is 12.8 Å². The summed E-state index contributed by atoms with van der Waals surface area (Å²) in [5.41, 5.74) is 11.7. The number of carboxylic acids is 2. The van der Waals surface area contributed by atoms with Gasteiger partial charge in [0.2, 0.25) is 29.5 Å². The molecule has 0 aliphatic rings. The Morgan fingerprint density at radius 2 is 1.27 bits per heavy atom. The number of aliphatic hydroxyl groups excluding tert-OH is 2. The summed E-state index contributed by atoms with van der Waals surface area (Å²) >= 11 is 0. The lowest BCUT2D eigenvalue weighted by molar-refractivity contribution is -0.143. The molecular weight excluding hydrogens is 670 g/mol. The quantitative estimate of drug-likeness (QED) is 0.0491. The third-order valence-corrected chi connectivity index (χ3v) is 8.15. The van der Waals surface area contributed by atoms with Crippen LogP contribution in [0, 0.1) is 5.92 Å². The molecule has 0 heterocycles. The van der Waals surface area contributed by atoms with Gasteiger partial charge in [-0.05, 0) is 50.6 Å². The number of nitrogens with two attached hydrogens (primary N) is 2. The lowest BCUT2D eigenvalue weighted by Gasteiger charge is -2.29. The molecule has 13 N–H and O–H groups in total. The number of benzene rings is 1. The fourth-order valence-electron chi connectivity index (χ4n) is 4.85. The van der Waals surface area contributed by atoms with E-state index < -0.39 is 109 Å². The molecule has 18 heteroatoms. The smallest absolute Gasteiger partial charge is 0.326 e. The molecule has 0 spiro atoms. The molecule has 0 aliphatic heterocycles. The molecule has 1 rings (SSSR count). The molecular formula is C33H53N7O11. The molecule has 0 aliphatic carbocycles. The monoisotopic (exact) mass is 723 g/mol. The highest BCUT2D eigenvalue weighted by Gasteiger charge is 2.35. The molecule has 286 valence electrons. The molecule has 18 nitrogen and oxygen atoms in total. The van der Waals surface area contributed by atoms with E-state index in [-0.39, 0.29) is 12.8 Å². The predicted octanol–water partition coefficient (Wildman–Crippen LogP) is -2.52. The van der Waals surface area contributed by atoms with Crippen molar-refractivity contribution in [1.82, 2.24) is 26.6 Å². The lowest BCUT2D eigenvalue weighted by Crippen LogP contribution is -2.62. The van der Waals surface area contributed by atoms with Gasteiger partial charge in [0.25, 0.3) is 0 Å². The van der Waals surface area contributed by atoms with E-state index >= 15 is 0 Å². The number of hydrogen-bond acceptors (Lipinski definition) is 11. The second-order valence-corrected chi connectivity index (χ2v) is 12.3. The van der Waals surface area contributed by atoms with Gasteiger partial charge < -0.3 is 58.5 Å². The zero-order valence-corrected chi connectivity index (χ0v) is 29.2. The van der Waals surface area contributed by atoms with E-state index in [4.69, 9.17) is 11.5 Å². The summed E-state index contributed by atoms with van der Waals surface area (Å²) in [6, 6.07) is -0.0169. The number of amides is 5. The number of nitrogens with one attached hydrogen (secondary N) is 5. The van der Waals surface area contributed by atoms with E-state index in [1.54, 1.807) is 44.2 Å². The minimum absolute atomic E-state index is 0.0793. The Morgan fingerprint density at radius 1 is 0.725 bits per heavy atom. The van der Waals surface area contributed by atoms with Crippen molar-refractivity contribution < 1.29 is 54.0 Å². The summed E-state index contributed by atoms with van der Waals surface area (Å²) in [5, 5.41) is 50.8. The average Bonchev–Trinajstić information content (AvgIpc) is 3.09. The van der Waals surface area contributed by atoms with Crippen LogP contribution >= 0.6 is 0 Å². The van der Waals surface area contributed by atoms with Gasteiger partial charge in [0.05, 0.1) is 12.7 Å². The van der Waals surface area contributed by atoms with Gasteiger partial charge in [0.15, 0.2) is 0 Å². The van der Waals surface area contributed by atoms with Gasteiger partial charge >= 0.3 is 11.9 Å². The highest BCUT2D eigenvalue weighted by molar-refractivity contribution is 5.96. The molecule has 5 amide bonds. The fraction of sp³-hybridized carbons (Fsp3) is 0.606. The summed E-state index contributed by atoms with van der Waals surface area (Å²) in [7, 11) is 0. The number of aliphatic carboxylic acids is 2. The van der Waals surface area contributed by atoms with Crippen LogP contribution in [0.5, 0.6) is 0 Å². The third-order valence-electron chi connectivity index (χ3n) is 8.15. The summed E-state index contributed by atoms with van der Waals surface area (Å²) in [6.07, 6.45) is -1.28. The second kappa shape index (κ2) is 22.9. The van der Waals surface area contributed by atoms with Crippen LogP contribution in [0.25, 0.3) is 0 Å². The summed E-state index contributed by atoms with van der Waals surface area (Å²) < 4.78 is 0. The molecule has 0 aromatic heterocycles. The van der Waals surface area contributed by atoms with Crippen molar-refractivity contribution >= 4 is 41.5 Å². The van der Waals surface area contributed by atoms with Crippen LogP contribution < -0.4 is 38.1 Å². The molecule has 0 saturated carbocycles. The van der Waals surface area contributed by atoms with Crippen molar-refractivity contribution in [3.63, 3.8) is 0 Å². The molecule has 0 unspecified atom stereocenters. The van der Waals surface area contributed by atoms with Crippen molar-refractivity contribution in [3.8, 4) is 0 Å². The van der Waals surface area contributed by atoms with Gasteiger partial charge in [-0.25, -0.2) is 4.79 Å². The van der Waals surface area contributed by atoms with Crippen LogP contribution in [0.15, 0.2) is 30.3 Å². The topological polar surface area (TPSA) is 313 Å². The molecule has 51 heavy (non-hydrogen) atoms. The number of carbonyl (C=O) groups is 7. The fourth-order valence-corrected chi connectivity index (χ4v) is 4.85. The predicted molar refractivity (Wildman–Crippen MR) is 183 cm³/mol. The zero-order valence-electron chi connectivity index (χ0n) is 29.2. The van der Waals surface area contributed by atoms with E-state index in [0.29, 0.717) is 31.4 Å². The summed E-state index contributed by atoms with van der Waals surface area (Å²) in [6.45, 7) is 4.18. The van der Waals surface area contributed by atoms with Crippen molar-refractivity contribution in [2.24, 2.45) is 17.4 Å². The number of unbranched alkanes of at least 4 members (excludes halogenated alkanes) is 1. The average molecular weight is 724 g/mol. The minimum atomic E-state index is -1.72. The van der Waals surface area contributed by atoms with Crippen LogP contribution in [-0.2, 0) is 40.0 Å². The highest BCUT2D eigenvalue weighted by atomic mass is 16.4. The standard InChI is InChI=1S/C33H53N7O11/c1-4-18(2)26(39-28(45)21(35)17-41)31(48)36-22(13-14-25(43)44)29(46)40-27(19(3)42)32(49)38-24(16-20-10-6-5-7-11-20)30(47)37-23(33(50)51)12-8-9-15-34/h5-7,10-11,18-19,21-24,26-27,41-42H,4,8-9,12-17,34-35H2,1-3H3,(H,36,48)(H,37,47)(H,38,49)(H,39,45)(H,40,46)(H,43,44)(H,50,51)/t18-,19+,21-,22-,23-,24-,26-,27-/m0/s1. The van der Waals surface area contributed by atoms with Gasteiger partial charge in [-0.2, -0.15) is 0 Å². The zero-order chi connectivity index (χ0) is 38.7. The molecule has 0 bridgehead atoms. The van der Waals surface area contributed by atoms with E-state index in [0.717, 1.165) is 0 Å². The van der Waals surface area contributed by atoms with Crippen LogP contribution in [0.1, 0.15) is 64.9 Å². The number of aliphatic hydroxyl groups is 2. The number of hydrogen-bond donors (Lipinski definition) is 11. The Balaban J connectivity index is 3.31. The van der Waals surface area contributed by atoms with Crippen LogP contribution in [0.4, 0.5) is 0 Å². The third kappa shape index (κ3) is 15.8. The van der Waals surface area contributed by atoms with Crippen molar-refractivity contribution in [2.75, 3.05) is 13.2 Å². The van der Waals surface area contributed by atoms with Crippen molar-refractivity contribution in [2.45, 2.75) is 108 Å². The molecule has 1 aromatic carbocycles. The Bertz CT molecular complexity index is 1320.